The van der Waals surface area contributed by atoms with E-state index < -0.39 is 0 Å². The quantitative estimate of drug-likeness (QED) is 0.849. The van der Waals surface area contributed by atoms with Crippen molar-refractivity contribution in [1.29, 1.82) is 0 Å². The molecule has 1 aromatic rings. The molecular formula is C12H19N3O. The summed E-state index contributed by atoms with van der Waals surface area (Å²) in [6.07, 6.45) is 7.94. The highest BCUT2D eigenvalue weighted by Gasteiger charge is 2.20. The summed E-state index contributed by atoms with van der Waals surface area (Å²) in [7, 11) is 0. The number of carbonyl (C=O) groups is 1. The van der Waals surface area contributed by atoms with E-state index in [2.05, 4.69) is 10.4 Å². The Hall–Kier alpha value is -1.32. The van der Waals surface area contributed by atoms with Crippen LogP contribution in [-0.2, 0) is 4.79 Å². The van der Waals surface area contributed by atoms with Crippen molar-refractivity contribution in [2.45, 2.75) is 45.6 Å². The molecule has 2 rings (SSSR count). The van der Waals surface area contributed by atoms with Gasteiger partial charge < -0.3 is 5.32 Å². The van der Waals surface area contributed by atoms with Crippen molar-refractivity contribution in [2.24, 2.45) is 5.92 Å². The van der Waals surface area contributed by atoms with Crippen molar-refractivity contribution in [3.63, 3.8) is 0 Å². The van der Waals surface area contributed by atoms with Crippen molar-refractivity contribution in [3.05, 3.63) is 12.4 Å². The average molecular weight is 221 g/mol. The molecule has 1 aliphatic carbocycles. The molecule has 4 nitrogen and oxygen atoms in total. The van der Waals surface area contributed by atoms with Gasteiger partial charge in [0.25, 0.3) is 0 Å². The molecule has 88 valence electrons. The Morgan fingerprint density at radius 3 is 2.94 bits per heavy atom. The van der Waals surface area contributed by atoms with Crippen LogP contribution < -0.4 is 5.32 Å². The van der Waals surface area contributed by atoms with Gasteiger partial charge in [0, 0.05) is 12.6 Å². The van der Waals surface area contributed by atoms with E-state index >= 15 is 0 Å². The lowest BCUT2D eigenvalue weighted by Crippen LogP contribution is -2.17. The molecular weight excluding hydrogens is 202 g/mol. The third kappa shape index (κ3) is 2.62. The topological polar surface area (TPSA) is 46.9 Å². The molecule has 0 saturated heterocycles. The molecule has 1 aliphatic rings. The standard InChI is InChI=1S/C12H19N3O/c1-9(2)6-12(16)14-10-7-13-15(8-10)11-4-3-5-11/h7-9,11H,3-6H2,1-2H3,(H,14,16). The summed E-state index contributed by atoms with van der Waals surface area (Å²) in [6, 6.07) is 0.552. The molecule has 0 radical (unpaired) electrons. The second kappa shape index (κ2) is 4.68. The highest BCUT2D eigenvalue weighted by molar-refractivity contribution is 5.90. The summed E-state index contributed by atoms with van der Waals surface area (Å²) in [5.74, 6) is 0.463. The van der Waals surface area contributed by atoms with Gasteiger partial charge in [0.2, 0.25) is 5.91 Å². The number of rotatable bonds is 4. The van der Waals surface area contributed by atoms with Crippen LogP contribution in [0.15, 0.2) is 12.4 Å². The predicted molar refractivity (Wildman–Crippen MR) is 63.2 cm³/mol. The molecule has 0 atom stereocenters. The zero-order valence-electron chi connectivity index (χ0n) is 9.94. The van der Waals surface area contributed by atoms with E-state index in [1.807, 2.05) is 24.7 Å². The minimum atomic E-state index is 0.0724. The van der Waals surface area contributed by atoms with Gasteiger partial charge in [-0.3, -0.25) is 9.48 Å². The van der Waals surface area contributed by atoms with Gasteiger partial charge in [0.15, 0.2) is 0 Å². The molecule has 4 heteroatoms. The summed E-state index contributed by atoms with van der Waals surface area (Å²) in [4.78, 5) is 11.5. The van der Waals surface area contributed by atoms with E-state index in [9.17, 15) is 4.79 Å². The van der Waals surface area contributed by atoms with Gasteiger partial charge in [0.1, 0.15) is 0 Å². The molecule has 0 spiro atoms. The maximum absolute atomic E-state index is 11.5. The van der Waals surface area contributed by atoms with Crippen LogP contribution in [0.25, 0.3) is 0 Å². The van der Waals surface area contributed by atoms with Gasteiger partial charge in [-0.1, -0.05) is 13.8 Å². The van der Waals surface area contributed by atoms with Crippen LogP contribution in [-0.4, -0.2) is 15.7 Å². The van der Waals surface area contributed by atoms with Crippen molar-refractivity contribution in [3.8, 4) is 0 Å². The van der Waals surface area contributed by atoms with Crippen LogP contribution in [0.5, 0.6) is 0 Å². The molecule has 1 saturated carbocycles. The van der Waals surface area contributed by atoms with Gasteiger partial charge in [-0.15, -0.1) is 0 Å². The largest absolute Gasteiger partial charge is 0.323 e. The normalized spacial score (nSPS) is 16.2. The molecule has 1 N–H and O–H groups in total. The highest BCUT2D eigenvalue weighted by atomic mass is 16.1. The molecule has 0 unspecified atom stereocenters. The number of carbonyl (C=O) groups excluding carboxylic acids is 1. The van der Waals surface area contributed by atoms with Gasteiger partial charge >= 0.3 is 0 Å². The Balaban J connectivity index is 1.89. The van der Waals surface area contributed by atoms with E-state index in [1.165, 1.54) is 19.3 Å². The first-order valence-electron chi connectivity index (χ1n) is 5.99. The Morgan fingerprint density at radius 1 is 1.62 bits per heavy atom. The van der Waals surface area contributed by atoms with E-state index in [0.717, 1.165) is 5.69 Å². The highest BCUT2D eigenvalue weighted by Crippen LogP contribution is 2.31. The molecule has 1 heterocycles. The second-order valence-electron chi connectivity index (χ2n) is 4.94. The average Bonchev–Trinajstić information content (AvgIpc) is 2.47. The lowest BCUT2D eigenvalue weighted by atomic mass is 9.93. The van der Waals surface area contributed by atoms with Crippen LogP contribution in [0.4, 0.5) is 5.69 Å². The Morgan fingerprint density at radius 2 is 2.38 bits per heavy atom. The first kappa shape index (κ1) is 11.2. The number of hydrogen-bond donors (Lipinski definition) is 1. The number of nitrogens with zero attached hydrogens (tertiary/aromatic N) is 2. The molecule has 16 heavy (non-hydrogen) atoms. The van der Waals surface area contributed by atoms with Crippen LogP contribution in [0.3, 0.4) is 0 Å². The third-order valence-electron chi connectivity index (χ3n) is 2.93. The Kier molecular flexibility index (Phi) is 3.27. The monoisotopic (exact) mass is 221 g/mol. The lowest BCUT2D eigenvalue weighted by Gasteiger charge is -2.25. The maximum Gasteiger partial charge on any atom is 0.224 e. The Labute approximate surface area is 96.0 Å². The molecule has 1 amide bonds. The van der Waals surface area contributed by atoms with Crippen molar-refractivity contribution >= 4 is 11.6 Å². The van der Waals surface area contributed by atoms with Crippen molar-refractivity contribution in [2.75, 3.05) is 5.32 Å². The fraction of sp³-hybridized carbons (Fsp3) is 0.667. The van der Waals surface area contributed by atoms with Crippen LogP contribution in [0, 0.1) is 5.92 Å². The van der Waals surface area contributed by atoms with E-state index in [4.69, 9.17) is 0 Å². The van der Waals surface area contributed by atoms with Crippen LogP contribution >= 0.6 is 0 Å². The third-order valence-corrected chi connectivity index (χ3v) is 2.93. The summed E-state index contributed by atoms with van der Waals surface area (Å²) in [6.45, 7) is 4.08. The van der Waals surface area contributed by atoms with Gasteiger partial charge in [-0.05, 0) is 25.2 Å². The first-order valence-corrected chi connectivity index (χ1v) is 5.99. The van der Waals surface area contributed by atoms with E-state index in [0.29, 0.717) is 18.4 Å². The smallest absolute Gasteiger partial charge is 0.224 e. The summed E-state index contributed by atoms with van der Waals surface area (Å²) < 4.78 is 1.97. The maximum atomic E-state index is 11.5. The second-order valence-corrected chi connectivity index (χ2v) is 4.94. The molecule has 1 fully saturated rings. The zero-order valence-corrected chi connectivity index (χ0v) is 9.94. The summed E-state index contributed by atoms with van der Waals surface area (Å²) in [5.41, 5.74) is 0.817. The fourth-order valence-corrected chi connectivity index (χ4v) is 1.84. The minimum absolute atomic E-state index is 0.0724. The number of nitrogens with one attached hydrogen (secondary N) is 1. The molecule has 0 bridgehead atoms. The lowest BCUT2D eigenvalue weighted by molar-refractivity contribution is -0.116. The molecule has 0 aromatic carbocycles. The van der Waals surface area contributed by atoms with Gasteiger partial charge in [-0.25, -0.2) is 0 Å². The minimum Gasteiger partial charge on any atom is -0.323 e. The molecule has 0 aliphatic heterocycles. The van der Waals surface area contributed by atoms with E-state index in [-0.39, 0.29) is 5.91 Å². The number of hydrogen-bond acceptors (Lipinski definition) is 2. The van der Waals surface area contributed by atoms with E-state index in [1.54, 1.807) is 6.20 Å². The Bertz CT molecular complexity index is 366. The predicted octanol–water partition coefficient (Wildman–Crippen LogP) is 2.59. The van der Waals surface area contributed by atoms with Gasteiger partial charge in [-0.2, -0.15) is 5.10 Å². The van der Waals surface area contributed by atoms with Crippen molar-refractivity contribution < 1.29 is 4.79 Å². The summed E-state index contributed by atoms with van der Waals surface area (Å²) >= 11 is 0. The molecule has 1 aromatic heterocycles. The van der Waals surface area contributed by atoms with Crippen LogP contribution in [0.1, 0.15) is 45.6 Å². The summed E-state index contributed by atoms with van der Waals surface area (Å²) in [5, 5.41) is 7.15. The zero-order chi connectivity index (χ0) is 11.5. The van der Waals surface area contributed by atoms with Crippen LogP contribution in [0.2, 0.25) is 0 Å². The SMILES string of the molecule is CC(C)CC(=O)Nc1cnn(C2CCC2)c1. The number of amides is 1. The van der Waals surface area contributed by atoms with Gasteiger partial charge in [0.05, 0.1) is 17.9 Å². The number of anilines is 1. The number of aromatic nitrogens is 2. The fourth-order valence-electron chi connectivity index (χ4n) is 1.84. The first-order chi connectivity index (χ1) is 7.65. The van der Waals surface area contributed by atoms with Crippen molar-refractivity contribution in [1.82, 2.24) is 9.78 Å².